The number of aromatic nitrogens is 2. The zero-order valence-electron chi connectivity index (χ0n) is 13.6. The molecule has 1 aliphatic rings. The molecule has 1 atom stereocenters. The van der Waals surface area contributed by atoms with Gasteiger partial charge in [-0.25, -0.2) is 9.78 Å². The Morgan fingerprint density at radius 3 is 2.86 bits per heavy atom. The molecular weight excluding hydrogens is 266 g/mol. The van der Waals surface area contributed by atoms with Crippen LogP contribution in [0.2, 0.25) is 0 Å². The first-order valence-electron chi connectivity index (χ1n) is 7.84. The summed E-state index contributed by atoms with van der Waals surface area (Å²) in [4.78, 5) is 16.0. The lowest BCUT2D eigenvalue weighted by molar-refractivity contribution is 0.0506. The van der Waals surface area contributed by atoms with Gasteiger partial charge in [0.15, 0.2) is 0 Å². The zero-order valence-corrected chi connectivity index (χ0v) is 13.6. The van der Waals surface area contributed by atoms with Crippen LogP contribution in [0.4, 0.5) is 4.79 Å². The number of aryl methyl sites for hydroxylation is 1. The number of imidazole rings is 1. The first-order valence-corrected chi connectivity index (χ1v) is 7.84. The number of nitrogens with one attached hydrogen (secondary N) is 1. The van der Waals surface area contributed by atoms with Crippen molar-refractivity contribution < 1.29 is 9.53 Å². The highest BCUT2D eigenvalue weighted by Gasteiger charge is 2.21. The Kier molecular flexibility index (Phi) is 4.91. The third-order valence-corrected chi connectivity index (χ3v) is 3.63. The van der Waals surface area contributed by atoms with Gasteiger partial charge in [0.25, 0.3) is 0 Å². The average molecular weight is 293 g/mol. The molecule has 1 saturated carbocycles. The predicted octanol–water partition coefficient (Wildman–Crippen LogP) is 3.66. The molecule has 5 nitrogen and oxygen atoms in total. The summed E-state index contributed by atoms with van der Waals surface area (Å²) in [5.74, 6) is 0.953. The van der Waals surface area contributed by atoms with Crippen LogP contribution in [0.5, 0.6) is 0 Å². The number of carbonyl (C=O) groups excluding carboxylic acids is 1. The fourth-order valence-electron chi connectivity index (χ4n) is 2.39. The van der Waals surface area contributed by atoms with Gasteiger partial charge in [-0.15, -0.1) is 0 Å². The number of hydrogen-bond donors (Lipinski definition) is 1. The van der Waals surface area contributed by atoms with Gasteiger partial charge in [0, 0.05) is 6.54 Å². The number of nitrogens with zero attached hydrogens (tertiary/aromatic N) is 2. The fraction of sp³-hybridized carbons (Fsp3) is 0.750. The second-order valence-electron chi connectivity index (χ2n) is 6.97. The van der Waals surface area contributed by atoms with E-state index < -0.39 is 5.60 Å². The molecule has 1 aliphatic carbocycles. The summed E-state index contributed by atoms with van der Waals surface area (Å²) in [6, 6.07) is -0.108. The fourth-order valence-corrected chi connectivity index (χ4v) is 2.39. The Balaban J connectivity index is 1.84. The second-order valence-corrected chi connectivity index (χ2v) is 6.97. The van der Waals surface area contributed by atoms with E-state index in [-0.39, 0.29) is 12.1 Å². The highest BCUT2D eigenvalue weighted by Crippen LogP contribution is 2.33. The Hall–Kier alpha value is -1.52. The summed E-state index contributed by atoms with van der Waals surface area (Å²) in [6.07, 6.45) is 8.54. The van der Waals surface area contributed by atoms with Gasteiger partial charge in [0.05, 0.1) is 24.3 Å². The smallest absolute Gasteiger partial charge is 0.408 e. The molecule has 1 aromatic rings. The third-order valence-electron chi connectivity index (χ3n) is 3.63. The molecule has 1 heterocycles. The van der Waals surface area contributed by atoms with Gasteiger partial charge < -0.3 is 14.6 Å². The van der Waals surface area contributed by atoms with Gasteiger partial charge >= 0.3 is 6.09 Å². The first kappa shape index (κ1) is 15.9. The van der Waals surface area contributed by atoms with E-state index in [1.807, 2.05) is 40.2 Å². The van der Waals surface area contributed by atoms with Gasteiger partial charge in [-0.05, 0) is 46.5 Å². The van der Waals surface area contributed by atoms with E-state index in [9.17, 15) is 4.79 Å². The van der Waals surface area contributed by atoms with E-state index in [1.165, 1.54) is 25.7 Å². The number of carbonyl (C=O) groups is 1. The lowest BCUT2D eigenvalue weighted by Gasteiger charge is -2.22. The van der Waals surface area contributed by atoms with E-state index in [4.69, 9.17) is 4.74 Å². The lowest BCUT2D eigenvalue weighted by atomic mass is 10.2. The Bertz CT molecular complexity index is 472. The molecule has 0 radical (unpaired) electrons. The van der Waals surface area contributed by atoms with Crippen LogP contribution >= 0.6 is 0 Å². The largest absolute Gasteiger partial charge is 0.444 e. The SMILES string of the molecule is CC(NC(=O)OC(C)(C)C)c1cncn1CCCC1CC1. The van der Waals surface area contributed by atoms with Gasteiger partial charge in [0.1, 0.15) is 5.60 Å². The van der Waals surface area contributed by atoms with Crippen molar-refractivity contribution in [2.45, 2.75) is 71.6 Å². The van der Waals surface area contributed by atoms with Crippen LogP contribution in [0.25, 0.3) is 0 Å². The number of hydrogen-bond acceptors (Lipinski definition) is 3. The molecule has 0 spiro atoms. The molecule has 1 N–H and O–H groups in total. The molecule has 1 fully saturated rings. The minimum absolute atomic E-state index is 0.108. The molecule has 0 saturated heterocycles. The monoisotopic (exact) mass is 293 g/mol. The number of amides is 1. The molecule has 2 rings (SSSR count). The minimum Gasteiger partial charge on any atom is -0.444 e. The Morgan fingerprint density at radius 1 is 1.52 bits per heavy atom. The molecule has 1 unspecified atom stereocenters. The zero-order chi connectivity index (χ0) is 15.5. The van der Waals surface area contributed by atoms with Gasteiger partial charge in [-0.1, -0.05) is 12.8 Å². The third kappa shape index (κ3) is 5.40. The summed E-state index contributed by atoms with van der Waals surface area (Å²) in [6.45, 7) is 8.50. The number of alkyl carbamates (subject to hydrolysis) is 1. The van der Waals surface area contributed by atoms with Crippen molar-refractivity contribution in [1.82, 2.24) is 14.9 Å². The maximum Gasteiger partial charge on any atom is 0.408 e. The van der Waals surface area contributed by atoms with E-state index in [1.54, 1.807) is 0 Å². The Labute approximate surface area is 127 Å². The van der Waals surface area contributed by atoms with Crippen molar-refractivity contribution in [2.75, 3.05) is 0 Å². The van der Waals surface area contributed by atoms with Crippen molar-refractivity contribution in [3.8, 4) is 0 Å². The number of ether oxygens (including phenoxy) is 1. The molecule has 5 heteroatoms. The van der Waals surface area contributed by atoms with E-state index in [0.717, 1.165) is 18.2 Å². The molecule has 0 aromatic carbocycles. The van der Waals surface area contributed by atoms with Gasteiger partial charge in [0.2, 0.25) is 0 Å². The quantitative estimate of drug-likeness (QED) is 0.871. The van der Waals surface area contributed by atoms with Crippen molar-refractivity contribution >= 4 is 6.09 Å². The van der Waals surface area contributed by atoms with E-state index in [2.05, 4.69) is 14.9 Å². The summed E-state index contributed by atoms with van der Waals surface area (Å²) in [5, 5.41) is 2.87. The molecule has 1 aromatic heterocycles. The highest BCUT2D eigenvalue weighted by molar-refractivity contribution is 5.68. The van der Waals surface area contributed by atoms with Crippen molar-refractivity contribution in [1.29, 1.82) is 0 Å². The summed E-state index contributed by atoms with van der Waals surface area (Å²) >= 11 is 0. The van der Waals surface area contributed by atoms with Crippen LogP contribution in [-0.4, -0.2) is 21.2 Å². The summed E-state index contributed by atoms with van der Waals surface area (Å²) in [7, 11) is 0. The molecule has 1 amide bonds. The lowest BCUT2D eigenvalue weighted by Crippen LogP contribution is -2.34. The first-order chi connectivity index (χ1) is 9.85. The molecule has 21 heavy (non-hydrogen) atoms. The van der Waals surface area contributed by atoms with E-state index in [0.29, 0.717) is 0 Å². The van der Waals surface area contributed by atoms with Crippen LogP contribution in [0, 0.1) is 5.92 Å². The van der Waals surface area contributed by atoms with Crippen LogP contribution in [0.3, 0.4) is 0 Å². The van der Waals surface area contributed by atoms with Crippen molar-refractivity contribution in [3.05, 3.63) is 18.2 Å². The average Bonchev–Trinajstić information content (AvgIpc) is 3.03. The second kappa shape index (κ2) is 6.50. The molecule has 118 valence electrons. The number of rotatable bonds is 6. The molecular formula is C16H27N3O2. The minimum atomic E-state index is -0.478. The van der Waals surface area contributed by atoms with Crippen LogP contribution < -0.4 is 5.32 Å². The summed E-state index contributed by atoms with van der Waals surface area (Å²) < 4.78 is 7.42. The van der Waals surface area contributed by atoms with Gasteiger partial charge in [-0.2, -0.15) is 0 Å². The standard InChI is InChI=1S/C16H27N3O2/c1-12(18-15(20)21-16(2,3)4)14-10-17-11-19(14)9-5-6-13-7-8-13/h10-13H,5-9H2,1-4H3,(H,18,20). The van der Waals surface area contributed by atoms with Crippen LogP contribution in [0.15, 0.2) is 12.5 Å². The van der Waals surface area contributed by atoms with Crippen LogP contribution in [-0.2, 0) is 11.3 Å². The topological polar surface area (TPSA) is 56.1 Å². The maximum atomic E-state index is 11.8. The van der Waals surface area contributed by atoms with Crippen molar-refractivity contribution in [3.63, 3.8) is 0 Å². The molecule has 0 bridgehead atoms. The predicted molar refractivity (Wildman–Crippen MR) is 82.0 cm³/mol. The normalized spacial score (nSPS) is 16.6. The summed E-state index contributed by atoms with van der Waals surface area (Å²) in [5.41, 5.74) is 0.547. The van der Waals surface area contributed by atoms with Crippen LogP contribution in [0.1, 0.15) is 65.1 Å². The maximum absolute atomic E-state index is 11.8. The van der Waals surface area contributed by atoms with Crippen molar-refractivity contribution in [2.24, 2.45) is 5.92 Å². The van der Waals surface area contributed by atoms with Gasteiger partial charge in [-0.3, -0.25) is 0 Å². The van der Waals surface area contributed by atoms with E-state index >= 15 is 0 Å². The Morgan fingerprint density at radius 2 is 2.24 bits per heavy atom. The molecule has 0 aliphatic heterocycles. The highest BCUT2D eigenvalue weighted by atomic mass is 16.6.